The van der Waals surface area contributed by atoms with Gasteiger partial charge in [0, 0.05) is 0 Å². The molecule has 0 aromatic rings. The van der Waals surface area contributed by atoms with Crippen molar-refractivity contribution in [2.45, 2.75) is 132 Å². The summed E-state index contributed by atoms with van der Waals surface area (Å²) >= 11 is -0.683. The molecule has 1 fully saturated rings. The summed E-state index contributed by atoms with van der Waals surface area (Å²) in [7, 11) is 0. The molecule has 0 atom stereocenters. The molecule has 1 rings (SSSR count). The first-order chi connectivity index (χ1) is 11.3. The van der Waals surface area contributed by atoms with Crippen LogP contribution in [0.25, 0.3) is 0 Å². The summed E-state index contributed by atoms with van der Waals surface area (Å²) < 4.78 is 27.2. The van der Waals surface area contributed by atoms with Crippen LogP contribution in [0.1, 0.15) is 95.9 Å². The molecule has 0 radical (unpaired) electrons. The van der Waals surface area contributed by atoms with Gasteiger partial charge in [0.1, 0.15) is 0 Å². The molecule has 156 valence electrons. The average molecular weight is 486 g/mol. The predicted molar refractivity (Wildman–Crippen MR) is 109 cm³/mol. The molecule has 0 aromatic heterocycles. The first-order valence-electron chi connectivity index (χ1n) is 9.73. The summed E-state index contributed by atoms with van der Waals surface area (Å²) in [5, 5.41) is 0. The number of hydrogen-bond acceptors (Lipinski definition) is 4. The molecule has 0 amide bonds. The van der Waals surface area contributed by atoms with Gasteiger partial charge in [-0.15, -0.1) is 0 Å². The zero-order chi connectivity index (χ0) is 20.7. The summed E-state index contributed by atoms with van der Waals surface area (Å²) in [5.41, 5.74) is -1.46. The third kappa shape index (κ3) is 7.57. The molecule has 0 N–H and O–H groups in total. The fraction of sp³-hybridized carbons (Fsp3) is 1.00. The van der Waals surface area contributed by atoms with E-state index >= 15 is 0 Å². The molecule has 0 spiro atoms. The van der Waals surface area contributed by atoms with E-state index in [-0.39, 0.29) is 22.4 Å². The topological polar surface area (TPSA) is 36.9 Å². The van der Waals surface area contributed by atoms with Crippen LogP contribution >= 0.6 is 0 Å². The second kappa shape index (κ2) is 7.81. The second-order valence-electron chi connectivity index (χ2n) is 11.1. The van der Waals surface area contributed by atoms with Crippen molar-refractivity contribution in [3.63, 3.8) is 0 Å². The van der Waals surface area contributed by atoms with Crippen LogP contribution in [0.15, 0.2) is 0 Å². The maximum atomic E-state index is 6.74. The molecule has 0 unspecified atom stereocenters. The molecule has 1 aliphatic heterocycles. The van der Waals surface area contributed by atoms with Gasteiger partial charge in [-0.3, -0.25) is 0 Å². The quantitative estimate of drug-likeness (QED) is 0.388. The fourth-order valence-electron chi connectivity index (χ4n) is 3.05. The van der Waals surface area contributed by atoms with Crippen LogP contribution in [0.5, 0.6) is 0 Å². The first kappa shape index (κ1) is 24.7. The number of rotatable bonds is 4. The van der Waals surface area contributed by atoms with Crippen molar-refractivity contribution < 1.29 is 18.9 Å². The van der Waals surface area contributed by atoms with Crippen LogP contribution in [0, 0.1) is 0 Å². The Bertz CT molecular complexity index is 384. The van der Waals surface area contributed by atoms with Gasteiger partial charge in [-0.1, -0.05) is 0 Å². The second-order valence-corrected chi connectivity index (χ2v) is 14.6. The summed E-state index contributed by atoms with van der Waals surface area (Å²) in [5.74, 6) is -0.912. The Morgan fingerprint density at radius 3 is 1.23 bits per heavy atom. The third-order valence-corrected chi connectivity index (χ3v) is 7.09. The van der Waals surface area contributed by atoms with Gasteiger partial charge in [-0.2, -0.15) is 0 Å². The van der Waals surface area contributed by atoms with E-state index in [9.17, 15) is 0 Å². The average Bonchev–Trinajstić information content (AvgIpc) is 2.24. The molecule has 4 nitrogen and oxygen atoms in total. The Morgan fingerprint density at radius 2 is 0.923 bits per heavy atom. The standard InChI is InChI=1S/C21H42O4Te/c1-16(2,3)22-20(23-17(4,5)6)14-13-15-26-21(20,24-18(7,8)9)25-19(10,11)12/h13-15H2,1-12H3. The predicted octanol–water partition coefficient (Wildman–Crippen LogP) is 5.51. The minimum absolute atomic E-state index is 0.360. The SMILES string of the molecule is CC(C)(C)OC1(OC(C)(C)C)CCC[Te]C1(OC(C)(C)C)OC(C)(C)C. The van der Waals surface area contributed by atoms with Crippen LogP contribution in [0.2, 0.25) is 4.47 Å². The molecule has 1 aliphatic rings. The van der Waals surface area contributed by atoms with Crippen molar-refractivity contribution in [3.8, 4) is 0 Å². The molecule has 1 saturated heterocycles. The Hall–Kier alpha value is 0.630. The zero-order valence-electron chi connectivity index (χ0n) is 19.2. The van der Waals surface area contributed by atoms with Crippen LogP contribution in [-0.4, -0.2) is 52.9 Å². The van der Waals surface area contributed by atoms with Crippen molar-refractivity contribution in [1.82, 2.24) is 0 Å². The fourth-order valence-corrected chi connectivity index (χ4v) is 7.56. The minimum atomic E-state index is -0.912. The van der Waals surface area contributed by atoms with Crippen molar-refractivity contribution in [2.24, 2.45) is 0 Å². The molecule has 5 heteroatoms. The van der Waals surface area contributed by atoms with E-state index in [1.54, 1.807) is 0 Å². The summed E-state index contributed by atoms with van der Waals surface area (Å²) in [6.45, 7) is 25.0. The van der Waals surface area contributed by atoms with Crippen LogP contribution in [-0.2, 0) is 18.9 Å². The van der Waals surface area contributed by atoms with Gasteiger partial charge >= 0.3 is 172 Å². The van der Waals surface area contributed by atoms with E-state index in [4.69, 9.17) is 18.9 Å². The number of ether oxygens (including phenoxy) is 4. The van der Waals surface area contributed by atoms with E-state index in [0.717, 1.165) is 17.3 Å². The van der Waals surface area contributed by atoms with Gasteiger partial charge in [0.15, 0.2) is 0 Å². The zero-order valence-corrected chi connectivity index (χ0v) is 21.5. The molecule has 0 saturated carbocycles. The normalized spacial score (nSPS) is 21.7. The van der Waals surface area contributed by atoms with E-state index < -0.39 is 30.5 Å². The van der Waals surface area contributed by atoms with Crippen molar-refractivity contribution in [2.75, 3.05) is 0 Å². The van der Waals surface area contributed by atoms with Crippen LogP contribution in [0.4, 0.5) is 0 Å². The molecule has 26 heavy (non-hydrogen) atoms. The molecule has 0 bridgehead atoms. The number of hydrogen-bond donors (Lipinski definition) is 0. The summed E-state index contributed by atoms with van der Waals surface area (Å²) in [6, 6.07) is 0. The molecular weight excluding hydrogens is 444 g/mol. The summed E-state index contributed by atoms with van der Waals surface area (Å²) in [4.78, 5) is 0. The van der Waals surface area contributed by atoms with Crippen molar-refractivity contribution >= 4 is 20.9 Å². The van der Waals surface area contributed by atoms with Gasteiger partial charge < -0.3 is 0 Å². The maximum absolute atomic E-state index is 6.74. The van der Waals surface area contributed by atoms with Crippen LogP contribution in [0.3, 0.4) is 0 Å². The van der Waals surface area contributed by atoms with Gasteiger partial charge in [0.05, 0.1) is 0 Å². The van der Waals surface area contributed by atoms with Crippen molar-refractivity contribution in [1.29, 1.82) is 0 Å². The van der Waals surface area contributed by atoms with E-state index in [1.807, 2.05) is 0 Å². The van der Waals surface area contributed by atoms with E-state index in [1.165, 1.54) is 0 Å². The van der Waals surface area contributed by atoms with Crippen LogP contribution < -0.4 is 0 Å². The Labute approximate surface area is 172 Å². The Kier molecular flexibility index (Phi) is 7.41. The van der Waals surface area contributed by atoms with E-state index in [2.05, 4.69) is 83.1 Å². The van der Waals surface area contributed by atoms with Gasteiger partial charge in [-0.05, 0) is 0 Å². The van der Waals surface area contributed by atoms with Crippen molar-refractivity contribution in [3.05, 3.63) is 0 Å². The Balaban J connectivity index is 3.58. The molecule has 1 heterocycles. The Morgan fingerprint density at radius 1 is 0.577 bits per heavy atom. The first-order valence-corrected chi connectivity index (χ1v) is 12.5. The van der Waals surface area contributed by atoms with Gasteiger partial charge in [-0.25, -0.2) is 0 Å². The molecule has 0 aliphatic carbocycles. The van der Waals surface area contributed by atoms with Gasteiger partial charge in [0.2, 0.25) is 0 Å². The molecule has 0 aromatic carbocycles. The van der Waals surface area contributed by atoms with Gasteiger partial charge in [0.25, 0.3) is 0 Å². The van der Waals surface area contributed by atoms with E-state index in [0.29, 0.717) is 0 Å². The monoisotopic (exact) mass is 488 g/mol. The third-order valence-electron chi connectivity index (χ3n) is 3.23. The summed E-state index contributed by atoms with van der Waals surface area (Å²) in [6.07, 6.45) is 1.86. The molecular formula is C21H42O4Te.